The maximum Gasteiger partial charge on any atom is 0.0967 e. The van der Waals surface area contributed by atoms with E-state index in [-0.39, 0.29) is 5.92 Å². The third kappa shape index (κ3) is 3.19. The van der Waals surface area contributed by atoms with Crippen molar-refractivity contribution in [1.29, 1.82) is 0 Å². The lowest BCUT2D eigenvalue weighted by Crippen LogP contribution is -2.17. The predicted octanol–water partition coefficient (Wildman–Crippen LogP) is 5.26. The Hall–Kier alpha value is -0.830. The first-order chi connectivity index (χ1) is 9.15. The van der Waals surface area contributed by atoms with Crippen LogP contribution in [0.15, 0.2) is 41.8 Å². The quantitative estimate of drug-likeness (QED) is 0.797. The number of hydrogen-bond donors (Lipinski definition) is 1. The monoisotopic (exact) mass is 294 g/mol. The summed E-state index contributed by atoms with van der Waals surface area (Å²) in [7, 11) is 0. The number of benzene rings is 1. The number of rotatable bonds is 5. The van der Waals surface area contributed by atoms with Gasteiger partial charge in [-0.1, -0.05) is 62.2 Å². The van der Waals surface area contributed by atoms with Crippen LogP contribution in [0, 0.1) is 5.92 Å². The summed E-state index contributed by atoms with van der Waals surface area (Å²) in [6.07, 6.45) is 0.490. The Kier molecular flexibility index (Phi) is 5.03. The van der Waals surface area contributed by atoms with E-state index >= 15 is 0 Å². The third-order valence-corrected chi connectivity index (χ3v) is 5.12. The second kappa shape index (κ2) is 6.56. The summed E-state index contributed by atoms with van der Waals surface area (Å²) in [5, 5.41) is 13.3. The topological polar surface area (TPSA) is 20.2 Å². The molecule has 1 N–H and O–H groups in total. The Labute approximate surface area is 123 Å². The predicted molar refractivity (Wildman–Crippen MR) is 82.9 cm³/mol. The number of halogens is 1. The molecule has 0 saturated carbocycles. The van der Waals surface area contributed by atoms with Crippen molar-refractivity contribution in [3.05, 3.63) is 57.2 Å². The van der Waals surface area contributed by atoms with E-state index in [0.29, 0.717) is 10.9 Å². The maximum atomic E-state index is 10.7. The summed E-state index contributed by atoms with van der Waals surface area (Å²) in [5.74, 6) is 0.484. The first-order valence-corrected chi connectivity index (χ1v) is 7.86. The number of aliphatic hydroxyl groups is 1. The lowest BCUT2D eigenvalue weighted by atomic mass is 9.81. The number of thiophene rings is 1. The van der Waals surface area contributed by atoms with E-state index in [0.717, 1.165) is 11.3 Å². The van der Waals surface area contributed by atoms with Crippen LogP contribution in [-0.4, -0.2) is 5.11 Å². The minimum atomic E-state index is -0.537. The molecule has 0 radical (unpaired) electrons. The van der Waals surface area contributed by atoms with Crippen LogP contribution < -0.4 is 0 Å². The molecule has 0 saturated heterocycles. The Morgan fingerprint density at radius 3 is 2.42 bits per heavy atom. The SMILES string of the molecule is CCC(C)C(c1ccccc1)C(O)c1sccc1Cl. The molecular formula is C16H19ClOS. The van der Waals surface area contributed by atoms with Crippen molar-refractivity contribution in [1.82, 2.24) is 0 Å². The van der Waals surface area contributed by atoms with Crippen molar-refractivity contribution in [2.75, 3.05) is 0 Å². The molecule has 2 aromatic rings. The van der Waals surface area contributed by atoms with Crippen LogP contribution in [0.5, 0.6) is 0 Å². The smallest absolute Gasteiger partial charge is 0.0967 e. The van der Waals surface area contributed by atoms with Gasteiger partial charge in [-0.3, -0.25) is 0 Å². The van der Waals surface area contributed by atoms with E-state index < -0.39 is 6.10 Å². The summed E-state index contributed by atoms with van der Waals surface area (Å²) >= 11 is 7.69. The molecule has 0 amide bonds. The summed E-state index contributed by atoms with van der Waals surface area (Å²) in [4.78, 5) is 0.871. The fourth-order valence-electron chi connectivity index (χ4n) is 2.43. The van der Waals surface area contributed by atoms with Crippen LogP contribution in [0.25, 0.3) is 0 Å². The molecule has 3 unspecified atom stereocenters. The number of hydrogen-bond acceptors (Lipinski definition) is 2. The van der Waals surface area contributed by atoms with Gasteiger partial charge in [-0.05, 0) is 22.9 Å². The van der Waals surface area contributed by atoms with Crippen LogP contribution >= 0.6 is 22.9 Å². The molecule has 19 heavy (non-hydrogen) atoms. The molecular weight excluding hydrogens is 276 g/mol. The first-order valence-electron chi connectivity index (χ1n) is 6.61. The zero-order valence-electron chi connectivity index (χ0n) is 11.2. The van der Waals surface area contributed by atoms with Gasteiger partial charge in [0.15, 0.2) is 0 Å². The summed E-state index contributed by atoms with van der Waals surface area (Å²) < 4.78 is 0. The van der Waals surface area contributed by atoms with Crippen molar-refractivity contribution in [3.63, 3.8) is 0 Å². The van der Waals surface area contributed by atoms with Crippen molar-refractivity contribution >= 4 is 22.9 Å². The summed E-state index contributed by atoms with van der Waals surface area (Å²) in [6, 6.07) is 12.1. The van der Waals surface area contributed by atoms with Crippen LogP contribution in [-0.2, 0) is 0 Å². The highest BCUT2D eigenvalue weighted by Crippen LogP contribution is 2.42. The maximum absolute atomic E-state index is 10.7. The molecule has 1 aromatic heterocycles. The van der Waals surface area contributed by atoms with E-state index in [1.165, 1.54) is 16.9 Å². The Morgan fingerprint density at radius 2 is 1.89 bits per heavy atom. The lowest BCUT2D eigenvalue weighted by Gasteiger charge is -2.28. The van der Waals surface area contributed by atoms with E-state index in [2.05, 4.69) is 26.0 Å². The van der Waals surface area contributed by atoms with Crippen LogP contribution in [0.1, 0.15) is 42.7 Å². The molecule has 0 aliphatic carbocycles. The van der Waals surface area contributed by atoms with Crippen LogP contribution in [0.3, 0.4) is 0 Å². The molecule has 0 fully saturated rings. The molecule has 0 aliphatic heterocycles. The Morgan fingerprint density at radius 1 is 1.21 bits per heavy atom. The molecule has 1 nitrogen and oxygen atoms in total. The van der Waals surface area contributed by atoms with Gasteiger partial charge < -0.3 is 5.11 Å². The molecule has 0 bridgehead atoms. The van der Waals surface area contributed by atoms with Gasteiger partial charge in [0.1, 0.15) is 0 Å². The summed E-state index contributed by atoms with van der Waals surface area (Å²) in [5.41, 5.74) is 1.17. The largest absolute Gasteiger partial charge is 0.387 e. The van der Waals surface area contributed by atoms with Crippen molar-refractivity contribution in [2.45, 2.75) is 32.3 Å². The average Bonchev–Trinajstić information content (AvgIpc) is 2.86. The highest BCUT2D eigenvalue weighted by molar-refractivity contribution is 7.10. The molecule has 102 valence electrons. The minimum Gasteiger partial charge on any atom is -0.387 e. The Balaban J connectivity index is 2.36. The third-order valence-electron chi connectivity index (χ3n) is 3.70. The molecule has 3 atom stereocenters. The Bertz CT molecular complexity index is 508. The van der Waals surface area contributed by atoms with Gasteiger partial charge in [-0.25, -0.2) is 0 Å². The van der Waals surface area contributed by atoms with E-state index in [4.69, 9.17) is 11.6 Å². The molecule has 1 aromatic carbocycles. The summed E-state index contributed by atoms with van der Waals surface area (Å²) in [6.45, 7) is 4.34. The zero-order valence-corrected chi connectivity index (χ0v) is 12.8. The van der Waals surface area contributed by atoms with E-state index in [9.17, 15) is 5.11 Å². The van der Waals surface area contributed by atoms with Gasteiger partial charge in [-0.2, -0.15) is 0 Å². The molecule has 3 heteroatoms. The van der Waals surface area contributed by atoms with Gasteiger partial charge >= 0.3 is 0 Å². The van der Waals surface area contributed by atoms with Gasteiger partial charge in [0.25, 0.3) is 0 Å². The minimum absolute atomic E-state index is 0.0855. The van der Waals surface area contributed by atoms with E-state index in [1.807, 2.05) is 29.6 Å². The van der Waals surface area contributed by atoms with E-state index in [1.54, 1.807) is 0 Å². The molecule has 0 aliphatic rings. The zero-order chi connectivity index (χ0) is 13.8. The fraction of sp³-hybridized carbons (Fsp3) is 0.375. The average molecular weight is 295 g/mol. The fourth-order valence-corrected chi connectivity index (χ4v) is 3.63. The van der Waals surface area contributed by atoms with Gasteiger partial charge in [0, 0.05) is 5.92 Å². The van der Waals surface area contributed by atoms with Gasteiger partial charge in [-0.15, -0.1) is 11.3 Å². The lowest BCUT2D eigenvalue weighted by molar-refractivity contribution is 0.121. The normalized spacial score (nSPS) is 16.0. The van der Waals surface area contributed by atoms with Crippen LogP contribution in [0.2, 0.25) is 5.02 Å². The van der Waals surface area contributed by atoms with Gasteiger partial charge in [0.2, 0.25) is 0 Å². The molecule has 2 rings (SSSR count). The number of aliphatic hydroxyl groups excluding tert-OH is 1. The van der Waals surface area contributed by atoms with Crippen molar-refractivity contribution in [3.8, 4) is 0 Å². The van der Waals surface area contributed by atoms with Crippen molar-refractivity contribution < 1.29 is 5.11 Å². The van der Waals surface area contributed by atoms with Crippen molar-refractivity contribution in [2.24, 2.45) is 5.92 Å². The highest BCUT2D eigenvalue weighted by atomic mass is 35.5. The highest BCUT2D eigenvalue weighted by Gasteiger charge is 2.29. The second-order valence-corrected chi connectivity index (χ2v) is 6.25. The standard InChI is InChI=1S/C16H19ClOS/c1-3-11(2)14(12-7-5-4-6-8-12)15(18)16-13(17)9-10-19-16/h4-11,14-15,18H,3H2,1-2H3. The van der Waals surface area contributed by atoms with Crippen LogP contribution in [0.4, 0.5) is 0 Å². The molecule has 1 heterocycles. The van der Waals surface area contributed by atoms with Gasteiger partial charge in [0.05, 0.1) is 16.0 Å². The second-order valence-electron chi connectivity index (χ2n) is 4.90. The first kappa shape index (κ1) is 14.6. The molecule has 0 spiro atoms.